The van der Waals surface area contributed by atoms with E-state index >= 15 is 0 Å². The first kappa shape index (κ1) is 9.87. The minimum atomic E-state index is 0. The monoisotopic (exact) mass is 194 g/mol. The molecule has 2 rings (SSSR count). The summed E-state index contributed by atoms with van der Waals surface area (Å²) in [5.74, 6) is 0.358. The summed E-state index contributed by atoms with van der Waals surface area (Å²) in [5.41, 5.74) is 1.20. The topological polar surface area (TPSA) is 20.2 Å². The summed E-state index contributed by atoms with van der Waals surface area (Å²) in [6.45, 7) is 2.04. The van der Waals surface area contributed by atoms with Gasteiger partial charge in [-0.05, 0) is 23.9 Å². The number of hydrogen-bond acceptors (Lipinski definition) is 1. The van der Waals surface area contributed by atoms with E-state index in [1.165, 1.54) is 5.56 Å². The number of hydrogen-bond donors (Lipinski definition) is 1. The van der Waals surface area contributed by atoms with Crippen LogP contribution in [0.4, 0.5) is 0 Å². The summed E-state index contributed by atoms with van der Waals surface area (Å²) < 4.78 is 0. The van der Waals surface area contributed by atoms with Crippen molar-refractivity contribution in [3.63, 3.8) is 0 Å². The van der Waals surface area contributed by atoms with Crippen LogP contribution in [0.3, 0.4) is 0 Å². The molecular weight excluding hydrogens is 184 g/mol. The Morgan fingerprint density at radius 1 is 0.923 bits per heavy atom. The Morgan fingerprint density at radius 2 is 1.54 bits per heavy atom. The van der Waals surface area contributed by atoms with Crippen molar-refractivity contribution in [1.29, 1.82) is 0 Å². The van der Waals surface area contributed by atoms with Crippen LogP contribution in [-0.4, -0.2) is 5.11 Å². The first-order valence-electron chi connectivity index (χ1n) is 3.96. The Balaban J connectivity index is 0.000000845. The molecule has 2 aromatic rings. The van der Waals surface area contributed by atoms with Crippen molar-refractivity contribution in [2.24, 2.45) is 0 Å². The van der Waals surface area contributed by atoms with Gasteiger partial charge in [0.15, 0.2) is 0 Å². The summed E-state index contributed by atoms with van der Waals surface area (Å²) in [4.78, 5) is 0. The molecule has 0 aliphatic rings. The van der Waals surface area contributed by atoms with Gasteiger partial charge in [-0.2, -0.15) is 0 Å². The van der Waals surface area contributed by atoms with E-state index in [0.29, 0.717) is 5.75 Å². The molecule has 1 nitrogen and oxygen atoms in total. The molecule has 0 heterocycles. The normalized spacial score (nSPS) is 9.62. The molecule has 0 bridgehead atoms. The maximum atomic E-state index is 9.50. The minimum absolute atomic E-state index is 0. The van der Waals surface area contributed by atoms with Gasteiger partial charge >= 0.3 is 0 Å². The highest BCUT2D eigenvalue weighted by Crippen LogP contribution is 2.26. The van der Waals surface area contributed by atoms with Crippen molar-refractivity contribution in [2.45, 2.75) is 6.92 Å². The van der Waals surface area contributed by atoms with Gasteiger partial charge in [-0.25, -0.2) is 0 Å². The van der Waals surface area contributed by atoms with Crippen molar-refractivity contribution < 1.29 is 5.11 Å². The highest BCUT2D eigenvalue weighted by molar-refractivity contribution is 5.90. The number of halogens is 1. The number of phenolic OH excluding ortho intramolecular Hbond substituents is 1. The van der Waals surface area contributed by atoms with E-state index in [1.807, 2.05) is 37.3 Å². The summed E-state index contributed by atoms with van der Waals surface area (Å²) >= 11 is 0. The zero-order valence-electron chi connectivity index (χ0n) is 7.32. The van der Waals surface area contributed by atoms with Crippen LogP contribution in [0.1, 0.15) is 5.56 Å². The van der Waals surface area contributed by atoms with Crippen molar-refractivity contribution in [2.75, 3.05) is 0 Å². The molecule has 0 spiro atoms. The molecule has 0 amide bonds. The average Bonchev–Trinajstić information content (AvgIpc) is 2.12. The first-order valence-corrected chi connectivity index (χ1v) is 3.96. The second kappa shape index (κ2) is 3.67. The quantitative estimate of drug-likeness (QED) is 0.683. The van der Waals surface area contributed by atoms with Gasteiger partial charge in [0.1, 0.15) is 5.75 Å². The predicted molar refractivity (Wildman–Crippen MR) is 57.6 cm³/mol. The zero-order chi connectivity index (χ0) is 8.55. The third kappa shape index (κ3) is 1.61. The van der Waals surface area contributed by atoms with Crippen molar-refractivity contribution in [1.82, 2.24) is 0 Å². The molecule has 0 unspecified atom stereocenters. The Labute approximate surface area is 83.4 Å². The summed E-state index contributed by atoms with van der Waals surface area (Å²) in [5, 5.41) is 11.5. The van der Waals surface area contributed by atoms with Crippen LogP contribution in [0.5, 0.6) is 5.75 Å². The Kier molecular flexibility index (Phi) is 2.79. The summed E-state index contributed by atoms with van der Waals surface area (Å²) in [7, 11) is 0. The lowest BCUT2D eigenvalue weighted by atomic mass is 10.1. The van der Waals surface area contributed by atoms with E-state index in [4.69, 9.17) is 0 Å². The largest absolute Gasteiger partial charge is 0.507 e. The summed E-state index contributed by atoms with van der Waals surface area (Å²) in [6.07, 6.45) is 0. The van der Waals surface area contributed by atoms with E-state index in [2.05, 4.69) is 0 Å². The van der Waals surface area contributed by atoms with Crippen LogP contribution in [0, 0.1) is 6.92 Å². The molecule has 0 aromatic heterocycles. The molecule has 0 aliphatic heterocycles. The molecule has 0 fully saturated rings. The second-order valence-corrected chi connectivity index (χ2v) is 2.95. The Hall–Kier alpha value is -1.21. The van der Waals surface area contributed by atoms with Crippen LogP contribution in [-0.2, 0) is 0 Å². The zero-order valence-corrected chi connectivity index (χ0v) is 8.14. The molecule has 0 aliphatic carbocycles. The predicted octanol–water partition coefficient (Wildman–Crippen LogP) is 3.28. The van der Waals surface area contributed by atoms with Gasteiger partial charge in [0.2, 0.25) is 0 Å². The standard InChI is InChI=1S/C11H10O.ClH/c1-8-6-7-11(12)10-5-3-2-4-9(8)10;/h2-7,12H,1H3;1H. The van der Waals surface area contributed by atoms with Gasteiger partial charge in [0.25, 0.3) is 0 Å². The smallest absolute Gasteiger partial charge is 0.123 e. The third-order valence-corrected chi connectivity index (χ3v) is 2.12. The minimum Gasteiger partial charge on any atom is -0.507 e. The maximum Gasteiger partial charge on any atom is 0.123 e. The van der Waals surface area contributed by atoms with Gasteiger partial charge in [0.05, 0.1) is 0 Å². The van der Waals surface area contributed by atoms with Crippen LogP contribution in [0.15, 0.2) is 36.4 Å². The molecule has 0 radical (unpaired) electrons. The van der Waals surface area contributed by atoms with E-state index in [9.17, 15) is 5.11 Å². The fourth-order valence-corrected chi connectivity index (χ4v) is 1.43. The summed E-state index contributed by atoms with van der Waals surface area (Å²) in [6, 6.07) is 11.5. The van der Waals surface area contributed by atoms with E-state index in [1.54, 1.807) is 6.07 Å². The highest BCUT2D eigenvalue weighted by atomic mass is 35.5. The molecule has 13 heavy (non-hydrogen) atoms. The van der Waals surface area contributed by atoms with Crippen molar-refractivity contribution >= 4 is 23.2 Å². The van der Waals surface area contributed by atoms with Crippen LogP contribution in [0.25, 0.3) is 10.8 Å². The van der Waals surface area contributed by atoms with Gasteiger partial charge in [-0.1, -0.05) is 30.3 Å². The molecule has 1 N–H and O–H groups in total. The number of aromatic hydroxyl groups is 1. The first-order chi connectivity index (χ1) is 5.79. The van der Waals surface area contributed by atoms with Crippen molar-refractivity contribution in [3.05, 3.63) is 42.0 Å². The van der Waals surface area contributed by atoms with Crippen molar-refractivity contribution in [3.8, 4) is 5.75 Å². The van der Waals surface area contributed by atoms with E-state index in [0.717, 1.165) is 10.8 Å². The number of benzene rings is 2. The number of aryl methyl sites for hydroxylation is 1. The molecule has 0 saturated carbocycles. The lowest BCUT2D eigenvalue weighted by molar-refractivity contribution is 0.481. The van der Waals surface area contributed by atoms with E-state index < -0.39 is 0 Å². The maximum absolute atomic E-state index is 9.50. The third-order valence-electron chi connectivity index (χ3n) is 2.12. The molecular formula is C11H11ClO. The number of rotatable bonds is 0. The van der Waals surface area contributed by atoms with Gasteiger partial charge < -0.3 is 5.11 Å². The number of fused-ring (bicyclic) bond motifs is 1. The SMILES string of the molecule is Cc1ccc(O)c2ccccc12.Cl. The fraction of sp³-hybridized carbons (Fsp3) is 0.0909. The van der Waals surface area contributed by atoms with Crippen LogP contribution >= 0.6 is 12.4 Å². The lowest BCUT2D eigenvalue weighted by Crippen LogP contribution is -1.77. The highest BCUT2D eigenvalue weighted by Gasteiger charge is 1.99. The van der Waals surface area contributed by atoms with Gasteiger partial charge in [-0.3, -0.25) is 0 Å². The van der Waals surface area contributed by atoms with Gasteiger partial charge in [-0.15, -0.1) is 12.4 Å². The molecule has 0 atom stereocenters. The molecule has 2 heteroatoms. The Bertz CT molecular complexity index is 383. The van der Waals surface area contributed by atoms with E-state index in [-0.39, 0.29) is 12.4 Å². The number of phenols is 1. The Morgan fingerprint density at radius 3 is 2.15 bits per heavy atom. The second-order valence-electron chi connectivity index (χ2n) is 2.95. The molecule has 2 aromatic carbocycles. The van der Waals surface area contributed by atoms with Crippen LogP contribution < -0.4 is 0 Å². The fourth-order valence-electron chi connectivity index (χ4n) is 1.43. The lowest BCUT2D eigenvalue weighted by Gasteiger charge is -2.02. The molecule has 0 saturated heterocycles. The molecule has 68 valence electrons. The average molecular weight is 195 g/mol. The van der Waals surface area contributed by atoms with Gasteiger partial charge in [0, 0.05) is 5.39 Å². The van der Waals surface area contributed by atoms with Crippen LogP contribution in [0.2, 0.25) is 0 Å².